The summed E-state index contributed by atoms with van der Waals surface area (Å²) in [5.74, 6) is 0.840. The Kier molecular flexibility index (Phi) is 9.72. The first-order valence-electron chi connectivity index (χ1n) is 9.26. The summed E-state index contributed by atoms with van der Waals surface area (Å²) in [6, 6.07) is 0. The molecule has 0 spiro atoms. The van der Waals surface area contributed by atoms with Gasteiger partial charge in [0.05, 0.1) is 6.61 Å². The van der Waals surface area contributed by atoms with Crippen molar-refractivity contribution >= 4 is 11.9 Å². The summed E-state index contributed by atoms with van der Waals surface area (Å²) in [5, 5.41) is 6.85. The van der Waals surface area contributed by atoms with Crippen LogP contribution in [0.1, 0.15) is 71.6 Å². The zero-order valence-electron chi connectivity index (χ0n) is 15.2. The topological polar surface area (TPSA) is 62.7 Å². The molecule has 0 unspecified atom stereocenters. The van der Waals surface area contributed by atoms with Crippen LogP contribution >= 0.6 is 0 Å². The average molecular weight is 325 g/mol. The van der Waals surface area contributed by atoms with E-state index in [0.717, 1.165) is 44.7 Å². The molecule has 0 saturated heterocycles. The van der Waals surface area contributed by atoms with E-state index in [1.165, 1.54) is 25.7 Å². The van der Waals surface area contributed by atoms with E-state index in [1.54, 1.807) is 0 Å². The van der Waals surface area contributed by atoms with Crippen LogP contribution in [-0.2, 0) is 9.53 Å². The van der Waals surface area contributed by atoms with E-state index in [1.807, 2.05) is 14.0 Å². The molecule has 0 aromatic rings. The summed E-state index contributed by atoms with van der Waals surface area (Å²) in [6.07, 6.45) is 10.1. The van der Waals surface area contributed by atoms with Crippen molar-refractivity contribution in [1.29, 1.82) is 0 Å². The minimum atomic E-state index is -0.0731. The quantitative estimate of drug-likeness (QED) is 0.265. The molecule has 5 nitrogen and oxygen atoms in total. The second-order valence-electron chi connectivity index (χ2n) is 6.53. The second kappa shape index (κ2) is 11.3. The number of hydrogen-bond donors (Lipinski definition) is 2. The molecule has 1 aliphatic carbocycles. The first-order valence-corrected chi connectivity index (χ1v) is 9.26. The van der Waals surface area contributed by atoms with Gasteiger partial charge in [0.1, 0.15) is 0 Å². The standard InChI is InChI=1S/C18H35N3O2/c1-4-18(12-10-13-18)15-21-17(19-3)20-14-9-7-6-8-11-16(22)23-5-2/h4-15H2,1-3H3,(H2,19,20,21). The molecule has 0 atom stereocenters. The average Bonchev–Trinajstić information content (AvgIpc) is 2.51. The minimum absolute atomic E-state index is 0.0731. The molecular formula is C18H35N3O2. The Labute approximate surface area is 141 Å². The van der Waals surface area contributed by atoms with Crippen LogP contribution in [0.3, 0.4) is 0 Å². The van der Waals surface area contributed by atoms with Crippen molar-refractivity contribution in [3.8, 4) is 0 Å². The molecule has 0 aliphatic heterocycles. The zero-order valence-corrected chi connectivity index (χ0v) is 15.2. The molecule has 0 aromatic carbocycles. The monoisotopic (exact) mass is 325 g/mol. The highest BCUT2D eigenvalue weighted by Gasteiger charge is 2.34. The van der Waals surface area contributed by atoms with E-state index >= 15 is 0 Å². The molecule has 1 fully saturated rings. The molecule has 23 heavy (non-hydrogen) atoms. The highest BCUT2D eigenvalue weighted by Crippen LogP contribution is 2.42. The first-order chi connectivity index (χ1) is 11.2. The maximum atomic E-state index is 11.2. The smallest absolute Gasteiger partial charge is 0.305 e. The number of guanidine groups is 1. The van der Waals surface area contributed by atoms with E-state index in [2.05, 4.69) is 22.5 Å². The molecular weight excluding hydrogens is 290 g/mol. The fraction of sp³-hybridized carbons (Fsp3) is 0.889. The van der Waals surface area contributed by atoms with E-state index in [-0.39, 0.29) is 5.97 Å². The molecule has 0 heterocycles. The van der Waals surface area contributed by atoms with Crippen LogP contribution in [0.2, 0.25) is 0 Å². The number of unbranched alkanes of at least 4 members (excludes halogenated alkanes) is 3. The largest absolute Gasteiger partial charge is 0.466 e. The number of rotatable bonds is 11. The molecule has 1 saturated carbocycles. The third-order valence-corrected chi connectivity index (χ3v) is 4.92. The van der Waals surface area contributed by atoms with Crippen molar-refractivity contribution in [2.45, 2.75) is 71.6 Å². The molecule has 5 heteroatoms. The Hall–Kier alpha value is -1.26. The van der Waals surface area contributed by atoms with E-state index in [0.29, 0.717) is 18.4 Å². The number of carbonyl (C=O) groups is 1. The minimum Gasteiger partial charge on any atom is -0.466 e. The Morgan fingerprint density at radius 3 is 2.43 bits per heavy atom. The van der Waals surface area contributed by atoms with Crippen molar-refractivity contribution in [2.24, 2.45) is 10.4 Å². The van der Waals surface area contributed by atoms with Crippen LogP contribution in [0.5, 0.6) is 0 Å². The van der Waals surface area contributed by atoms with Crippen molar-refractivity contribution < 1.29 is 9.53 Å². The number of esters is 1. The van der Waals surface area contributed by atoms with E-state index in [4.69, 9.17) is 4.74 Å². The molecule has 1 aliphatic rings. The summed E-state index contributed by atoms with van der Waals surface area (Å²) in [7, 11) is 1.83. The third kappa shape index (κ3) is 7.71. The van der Waals surface area contributed by atoms with E-state index in [9.17, 15) is 4.79 Å². The molecule has 0 radical (unpaired) electrons. The van der Waals surface area contributed by atoms with Gasteiger partial charge in [-0.15, -0.1) is 0 Å². The fourth-order valence-electron chi connectivity index (χ4n) is 3.01. The van der Waals surface area contributed by atoms with Gasteiger partial charge in [-0.05, 0) is 44.4 Å². The third-order valence-electron chi connectivity index (χ3n) is 4.92. The van der Waals surface area contributed by atoms with Crippen molar-refractivity contribution in [2.75, 3.05) is 26.7 Å². The molecule has 0 bridgehead atoms. The lowest BCUT2D eigenvalue weighted by Gasteiger charge is -2.41. The summed E-state index contributed by atoms with van der Waals surface area (Å²) in [4.78, 5) is 15.5. The number of nitrogens with zero attached hydrogens (tertiary/aromatic N) is 1. The highest BCUT2D eigenvalue weighted by molar-refractivity contribution is 5.79. The van der Waals surface area contributed by atoms with Gasteiger partial charge in [0.2, 0.25) is 0 Å². The van der Waals surface area contributed by atoms with Gasteiger partial charge in [-0.1, -0.05) is 26.2 Å². The Morgan fingerprint density at radius 2 is 1.87 bits per heavy atom. The SMILES string of the molecule is CCOC(=O)CCCCCCNC(=NC)NCC1(CC)CCC1. The van der Waals surface area contributed by atoms with Gasteiger partial charge < -0.3 is 15.4 Å². The lowest BCUT2D eigenvalue weighted by atomic mass is 9.67. The number of nitrogens with one attached hydrogen (secondary N) is 2. The van der Waals surface area contributed by atoms with E-state index < -0.39 is 0 Å². The fourth-order valence-corrected chi connectivity index (χ4v) is 3.01. The predicted molar refractivity (Wildman–Crippen MR) is 95.7 cm³/mol. The molecule has 0 amide bonds. The number of hydrogen-bond acceptors (Lipinski definition) is 3. The van der Waals surface area contributed by atoms with Crippen LogP contribution < -0.4 is 10.6 Å². The number of ether oxygens (including phenoxy) is 1. The Morgan fingerprint density at radius 1 is 1.13 bits per heavy atom. The predicted octanol–water partition coefficient (Wildman–Crippen LogP) is 3.25. The number of carbonyl (C=O) groups excluding carboxylic acids is 1. The maximum Gasteiger partial charge on any atom is 0.305 e. The van der Waals surface area contributed by atoms with Gasteiger partial charge in [0.15, 0.2) is 5.96 Å². The lowest BCUT2D eigenvalue weighted by Crippen LogP contribution is -2.46. The summed E-state index contributed by atoms with van der Waals surface area (Å²) >= 11 is 0. The molecule has 0 aromatic heterocycles. The van der Waals surface area contributed by atoms with Crippen molar-refractivity contribution in [1.82, 2.24) is 10.6 Å². The van der Waals surface area contributed by atoms with Crippen LogP contribution in [0.4, 0.5) is 0 Å². The Balaban J connectivity index is 2.01. The van der Waals surface area contributed by atoms with Gasteiger partial charge in [0.25, 0.3) is 0 Å². The summed E-state index contributed by atoms with van der Waals surface area (Å²) in [5.41, 5.74) is 0.505. The zero-order chi connectivity index (χ0) is 17.0. The van der Waals surface area contributed by atoms with Crippen molar-refractivity contribution in [3.05, 3.63) is 0 Å². The summed E-state index contributed by atoms with van der Waals surface area (Å²) in [6.45, 7) is 6.57. The molecule has 1 rings (SSSR count). The van der Waals surface area contributed by atoms with Gasteiger partial charge in [-0.25, -0.2) is 0 Å². The van der Waals surface area contributed by atoms with Gasteiger partial charge in [-0.2, -0.15) is 0 Å². The molecule has 2 N–H and O–H groups in total. The lowest BCUT2D eigenvalue weighted by molar-refractivity contribution is -0.143. The summed E-state index contributed by atoms with van der Waals surface area (Å²) < 4.78 is 4.92. The molecule has 134 valence electrons. The van der Waals surface area contributed by atoms with Crippen LogP contribution in [0.25, 0.3) is 0 Å². The number of aliphatic imine (C=N–C) groups is 1. The second-order valence-corrected chi connectivity index (χ2v) is 6.53. The van der Waals surface area contributed by atoms with Crippen LogP contribution in [-0.4, -0.2) is 38.7 Å². The first kappa shape index (κ1) is 19.8. The van der Waals surface area contributed by atoms with Gasteiger partial charge in [-0.3, -0.25) is 9.79 Å². The highest BCUT2D eigenvalue weighted by atomic mass is 16.5. The van der Waals surface area contributed by atoms with Gasteiger partial charge in [0, 0.05) is 26.6 Å². The maximum absolute atomic E-state index is 11.2. The van der Waals surface area contributed by atoms with Gasteiger partial charge >= 0.3 is 5.97 Å². The normalized spacial score (nSPS) is 16.6. The van der Waals surface area contributed by atoms with Crippen LogP contribution in [0, 0.1) is 5.41 Å². The van der Waals surface area contributed by atoms with Crippen LogP contribution in [0.15, 0.2) is 4.99 Å². The van der Waals surface area contributed by atoms with Crippen molar-refractivity contribution in [3.63, 3.8) is 0 Å². The Bertz CT molecular complexity index is 360.